The topological polar surface area (TPSA) is 93.2 Å². The summed E-state index contributed by atoms with van der Waals surface area (Å²) in [4.78, 5) is 25.8. The normalized spacial score (nSPS) is 29.1. The molecule has 2 fully saturated rings. The van der Waals surface area contributed by atoms with Gasteiger partial charge in [-0.25, -0.2) is 0 Å². The van der Waals surface area contributed by atoms with Crippen molar-refractivity contribution in [1.29, 1.82) is 0 Å². The number of fused-ring (bicyclic) bond motifs is 2. The average Bonchev–Trinajstić information content (AvgIpc) is 2.93. The Morgan fingerprint density at radius 1 is 1.33 bits per heavy atom. The molecule has 2 atom stereocenters. The molecule has 3 rings (SSSR count). The maximum atomic E-state index is 12.6. The molecule has 24 heavy (non-hydrogen) atoms. The molecule has 1 aromatic heterocycles. The Morgan fingerprint density at radius 2 is 2.00 bits per heavy atom. The molecule has 2 saturated carbocycles. The van der Waals surface area contributed by atoms with Crippen molar-refractivity contribution in [3.05, 3.63) is 12.4 Å². The van der Waals surface area contributed by atoms with Crippen LogP contribution in [-0.2, 0) is 16.1 Å². The predicted molar refractivity (Wildman–Crippen MR) is 91.1 cm³/mol. The van der Waals surface area contributed by atoms with Crippen LogP contribution in [0, 0.1) is 17.8 Å². The first-order valence-electron chi connectivity index (χ1n) is 8.73. The van der Waals surface area contributed by atoms with Crippen molar-refractivity contribution < 1.29 is 9.59 Å². The lowest BCUT2D eigenvalue weighted by Gasteiger charge is -2.43. The Morgan fingerprint density at radius 3 is 2.62 bits per heavy atom. The smallest absolute Gasteiger partial charge is 0.243 e. The van der Waals surface area contributed by atoms with Gasteiger partial charge in [0.15, 0.2) is 0 Å². The standard InChI is InChI=1S/C17H27N5O2/c1-21(2)15(23)10-22-9-14(8-19-22)20-17(24)13-6-11-4-3-5-12(7-13)16(11)18/h8-9,11-13,16H,3-7,10,18H2,1-2H3,(H,20,24). The lowest BCUT2D eigenvalue weighted by Crippen LogP contribution is -2.48. The summed E-state index contributed by atoms with van der Waals surface area (Å²) in [7, 11) is 3.42. The molecule has 3 N–H and O–H groups in total. The van der Waals surface area contributed by atoms with Crippen molar-refractivity contribution in [3.8, 4) is 0 Å². The van der Waals surface area contributed by atoms with E-state index in [0.29, 0.717) is 17.5 Å². The van der Waals surface area contributed by atoms with Crippen LogP contribution < -0.4 is 11.1 Å². The SMILES string of the molecule is CN(C)C(=O)Cn1cc(NC(=O)C2CC3CCCC(C2)C3N)cn1. The number of anilines is 1. The molecule has 2 bridgehead atoms. The fourth-order valence-corrected chi connectivity index (χ4v) is 4.04. The van der Waals surface area contributed by atoms with Gasteiger partial charge in [-0.05, 0) is 37.5 Å². The van der Waals surface area contributed by atoms with Crippen LogP contribution in [0.3, 0.4) is 0 Å². The molecule has 2 aliphatic carbocycles. The van der Waals surface area contributed by atoms with Gasteiger partial charge in [-0.1, -0.05) is 6.42 Å². The maximum absolute atomic E-state index is 12.6. The average molecular weight is 333 g/mol. The van der Waals surface area contributed by atoms with Gasteiger partial charge in [-0.15, -0.1) is 0 Å². The largest absolute Gasteiger partial charge is 0.347 e. The summed E-state index contributed by atoms with van der Waals surface area (Å²) in [5, 5.41) is 7.09. The molecule has 2 amide bonds. The van der Waals surface area contributed by atoms with Gasteiger partial charge in [0.05, 0.1) is 11.9 Å². The summed E-state index contributed by atoms with van der Waals surface area (Å²) >= 11 is 0. The van der Waals surface area contributed by atoms with Gasteiger partial charge < -0.3 is 16.0 Å². The molecule has 0 aliphatic heterocycles. The third-order valence-electron chi connectivity index (χ3n) is 5.48. The molecule has 2 aliphatic rings. The minimum atomic E-state index is -0.0370. The van der Waals surface area contributed by atoms with Crippen molar-refractivity contribution in [1.82, 2.24) is 14.7 Å². The van der Waals surface area contributed by atoms with Crippen molar-refractivity contribution in [2.75, 3.05) is 19.4 Å². The molecule has 0 aromatic carbocycles. The van der Waals surface area contributed by atoms with Crippen LogP contribution in [0.25, 0.3) is 0 Å². The fraction of sp³-hybridized carbons (Fsp3) is 0.706. The molecule has 1 heterocycles. The quantitative estimate of drug-likeness (QED) is 0.862. The lowest BCUT2D eigenvalue weighted by atomic mass is 9.65. The highest BCUT2D eigenvalue weighted by Crippen LogP contribution is 2.42. The van der Waals surface area contributed by atoms with Gasteiger partial charge in [0.2, 0.25) is 11.8 Å². The molecular formula is C17H27N5O2. The maximum Gasteiger partial charge on any atom is 0.243 e. The fourth-order valence-electron chi connectivity index (χ4n) is 4.04. The lowest BCUT2D eigenvalue weighted by molar-refractivity contribution is -0.129. The molecule has 0 radical (unpaired) electrons. The van der Waals surface area contributed by atoms with E-state index in [1.54, 1.807) is 31.2 Å². The number of nitrogens with two attached hydrogens (primary N) is 1. The van der Waals surface area contributed by atoms with Crippen LogP contribution in [0.15, 0.2) is 12.4 Å². The zero-order valence-electron chi connectivity index (χ0n) is 14.4. The number of nitrogens with zero attached hydrogens (tertiary/aromatic N) is 3. The highest BCUT2D eigenvalue weighted by atomic mass is 16.2. The first-order valence-corrected chi connectivity index (χ1v) is 8.73. The van der Waals surface area contributed by atoms with E-state index in [0.717, 1.165) is 25.7 Å². The van der Waals surface area contributed by atoms with Crippen molar-refractivity contribution in [2.24, 2.45) is 23.5 Å². The zero-order chi connectivity index (χ0) is 17.3. The number of amides is 2. The minimum absolute atomic E-state index is 0.0341. The number of rotatable bonds is 4. The molecule has 2 unspecified atom stereocenters. The van der Waals surface area contributed by atoms with E-state index in [1.807, 2.05) is 0 Å². The number of nitrogens with one attached hydrogen (secondary N) is 1. The number of carbonyl (C=O) groups is 2. The second-order valence-corrected chi connectivity index (χ2v) is 7.40. The van der Waals surface area contributed by atoms with Crippen LogP contribution in [0.1, 0.15) is 32.1 Å². The van der Waals surface area contributed by atoms with Gasteiger partial charge in [0.25, 0.3) is 0 Å². The van der Waals surface area contributed by atoms with Crippen LogP contribution in [0.4, 0.5) is 5.69 Å². The van der Waals surface area contributed by atoms with E-state index in [4.69, 9.17) is 5.73 Å². The highest BCUT2D eigenvalue weighted by Gasteiger charge is 2.40. The molecule has 7 heteroatoms. The highest BCUT2D eigenvalue weighted by molar-refractivity contribution is 5.92. The third kappa shape index (κ3) is 3.61. The minimum Gasteiger partial charge on any atom is -0.347 e. The monoisotopic (exact) mass is 333 g/mol. The van der Waals surface area contributed by atoms with Crippen molar-refractivity contribution in [3.63, 3.8) is 0 Å². The van der Waals surface area contributed by atoms with E-state index >= 15 is 0 Å². The third-order valence-corrected chi connectivity index (χ3v) is 5.48. The molecule has 0 spiro atoms. The molecule has 132 valence electrons. The summed E-state index contributed by atoms with van der Waals surface area (Å²) in [5.74, 6) is 1.01. The van der Waals surface area contributed by atoms with Gasteiger partial charge in [-0.3, -0.25) is 14.3 Å². The summed E-state index contributed by atoms with van der Waals surface area (Å²) in [5.41, 5.74) is 6.94. The van der Waals surface area contributed by atoms with E-state index < -0.39 is 0 Å². The Bertz CT molecular complexity index is 598. The first kappa shape index (κ1) is 17.0. The number of carbonyl (C=O) groups excluding carboxylic acids is 2. The predicted octanol–water partition coefficient (Wildman–Crippen LogP) is 1.06. The van der Waals surface area contributed by atoms with Crippen LogP contribution >= 0.6 is 0 Å². The molecule has 7 nitrogen and oxygen atoms in total. The van der Waals surface area contributed by atoms with E-state index in [-0.39, 0.29) is 30.3 Å². The second-order valence-electron chi connectivity index (χ2n) is 7.40. The molecule has 1 aromatic rings. The van der Waals surface area contributed by atoms with Crippen molar-refractivity contribution >= 4 is 17.5 Å². The summed E-state index contributed by atoms with van der Waals surface area (Å²) in [6.45, 7) is 0.172. The van der Waals surface area contributed by atoms with Gasteiger partial charge in [0, 0.05) is 32.3 Å². The second kappa shape index (κ2) is 6.93. The van der Waals surface area contributed by atoms with Crippen LogP contribution in [0.2, 0.25) is 0 Å². The van der Waals surface area contributed by atoms with Gasteiger partial charge in [-0.2, -0.15) is 5.10 Å². The Balaban J connectivity index is 1.57. The van der Waals surface area contributed by atoms with Gasteiger partial charge in [0.1, 0.15) is 6.54 Å². The number of aromatic nitrogens is 2. The molecule has 0 saturated heterocycles. The Hall–Kier alpha value is -1.89. The van der Waals surface area contributed by atoms with E-state index in [2.05, 4.69) is 10.4 Å². The van der Waals surface area contributed by atoms with Crippen LogP contribution in [-0.4, -0.2) is 46.6 Å². The number of likely N-dealkylation sites (N-methyl/N-ethyl adjacent to an activating group) is 1. The van der Waals surface area contributed by atoms with E-state index in [1.165, 1.54) is 11.3 Å². The van der Waals surface area contributed by atoms with Crippen LogP contribution in [0.5, 0.6) is 0 Å². The first-order chi connectivity index (χ1) is 11.4. The summed E-state index contributed by atoms with van der Waals surface area (Å²) in [6.07, 6.45) is 8.60. The molecular weight excluding hydrogens is 306 g/mol. The number of hydrogen-bond donors (Lipinski definition) is 2. The Labute approximate surface area is 142 Å². The van der Waals surface area contributed by atoms with Gasteiger partial charge >= 0.3 is 0 Å². The summed E-state index contributed by atoms with van der Waals surface area (Å²) < 4.78 is 1.55. The van der Waals surface area contributed by atoms with Crippen molar-refractivity contribution in [2.45, 2.75) is 44.7 Å². The Kier molecular flexibility index (Phi) is 4.89. The zero-order valence-corrected chi connectivity index (χ0v) is 14.4. The van der Waals surface area contributed by atoms with E-state index in [9.17, 15) is 9.59 Å². The number of hydrogen-bond acceptors (Lipinski definition) is 4. The summed E-state index contributed by atoms with van der Waals surface area (Å²) in [6, 6.07) is 0.266.